The molecule has 2 heterocycles. The van der Waals surface area contributed by atoms with Gasteiger partial charge >= 0.3 is 0 Å². The number of aromatic amines is 1. The second-order valence-corrected chi connectivity index (χ2v) is 2.28. The molecule has 62 valence electrons. The molecule has 0 bridgehead atoms. The molecule has 0 aliphatic carbocycles. The zero-order valence-electron chi connectivity index (χ0n) is 6.50. The van der Waals surface area contributed by atoms with Gasteiger partial charge in [-0.1, -0.05) is 0 Å². The number of nitrogens with two attached hydrogens (primary N) is 1. The molecular weight excluding hydrogens is 156 g/mol. The third-order valence-electron chi connectivity index (χ3n) is 1.54. The zero-order valence-corrected chi connectivity index (χ0v) is 6.50. The Morgan fingerprint density at radius 1 is 1.50 bits per heavy atom. The lowest BCUT2D eigenvalue weighted by atomic mass is 10.5. The quantitative estimate of drug-likeness (QED) is 0.550. The number of nitrogen functional groups attached to an aromatic ring is 1. The smallest absolute Gasteiger partial charge is 0.226 e. The number of fused-ring (bicyclic) bond motifs is 1. The number of rotatable bonds is 1. The van der Waals surface area contributed by atoms with Crippen molar-refractivity contribution in [3.8, 4) is 0 Å². The lowest BCUT2D eigenvalue weighted by molar-refractivity contribution is 1.18. The molecule has 6 nitrogen and oxygen atoms in total. The van der Waals surface area contributed by atoms with Crippen molar-refractivity contribution in [2.24, 2.45) is 0 Å². The first-order valence-corrected chi connectivity index (χ1v) is 3.45. The van der Waals surface area contributed by atoms with Crippen molar-refractivity contribution in [3.63, 3.8) is 0 Å². The number of H-pyrrole nitrogens is 1. The van der Waals surface area contributed by atoms with E-state index in [1.807, 2.05) is 0 Å². The van der Waals surface area contributed by atoms with E-state index in [-0.39, 0.29) is 0 Å². The second-order valence-electron chi connectivity index (χ2n) is 2.28. The highest BCUT2D eigenvalue weighted by Crippen LogP contribution is 2.14. The Labute approximate surface area is 68.2 Å². The Hall–Kier alpha value is -1.85. The van der Waals surface area contributed by atoms with Crippen LogP contribution in [-0.4, -0.2) is 27.0 Å². The number of nitrogens with zero attached hydrogens (tertiary/aromatic N) is 3. The minimum Gasteiger partial charge on any atom is -0.382 e. The van der Waals surface area contributed by atoms with Crippen LogP contribution in [0.15, 0.2) is 6.33 Å². The normalized spacial score (nSPS) is 10.4. The van der Waals surface area contributed by atoms with Gasteiger partial charge in [-0.3, -0.25) is 0 Å². The molecule has 0 spiro atoms. The Kier molecular flexibility index (Phi) is 1.33. The average Bonchev–Trinajstić information content (AvgIpc) is 2.52. The average molecular weight is 164 g/mol. The number of anilines is 2. The summed E-state index contributed by atoms with van der Waals surface area (Å²) in [4.78, 5) is 14.9. The van der Waals surface area contributed by atoms with Crippen molar-refractivity contribution >= 4 is 22.9 Å². The van der Waals surface area contributed by atoms with Crippen LogP contribution in [0.1, 0.15) is 0 Å². The summed E-state index contributed by atoms with van der Waals surface area (Å²) in [6, 6.07) is 0. The van der Waals surface area contributed by atoms with Crippen molar-refractivity contribution in [1.29, 1.82) is 0 Å². The van der Waals surface area contributed by atoms with Gasteiger partial charge in [-0.2, -0.15) is 9.97 Å². The van der Waals surface area contributed by atoms with E-state index >= 15 is 0 Å². The molecular formula is C6H8N6. The van der Waals surface area contributed by atoms with E-state index in [1.165, 1.54) is 6.33 Å². The minimum atomic E-state index is 0.404. The van der Waals surface area contributed by atoms with Crippen LogP contribution in [0, 0.1) is 0 Å². The second kappa shape index (κ2) is 2.33. The van der Waals surface area contributed by atoms with Crippen LogP contribution >= 0.6 is 0 Å². The van der Waals surface area contributed by atoms with Gasteiger partial charge < -0.3 is 16.0 Å². The molecule has 12 heavy (non-hydrogen) atoms. The van der Waals surface area contributed by atoms with E-state index in [0.29, 0.717) is 22.9 Å². The maximum atomic E-state index is 5.61. The minimum absolute atomic E-state index is 0.404. The van der Waals surface area contributed by atoms with E-state index in [2.05, 4.69) is 25.3 Å². The largest absolute Gasteiger partial charge is 0.382 e. The van der Waals surface area contributed by atoms with Gasteiger partial charge in [-0.25, -0.2) is 4.98 Å². The highest BCUT2D eigenvalue weighted by molar-refractivity contribution is 5.82. The highest BCUT2D eigenvalue weighted by atomic mass is 15.1. The Balaban J connectivity index is 2.75. The predicted octanol–water partition coefficient (Wildman–Crippen LogP) is -0.0232. The zero-order chi connectivity index (χ0) is 8.55. The molecule has 0 fully saturated rings. The molecule has 0 aromatic carbocycles. The van der Waals surface area contributed by atoms with Crippen LogP contribution in [-0.2, 0) is 0 Å². The molecule has 0 amide bonds. The molecule has 0 aliphatic heterocycles. The van der Waals surface area contributed by atoms with Crippen LogP contribution in [0.3, 0.4) is 0 Å². The summed E-state index contributed by atoms with van der Waals surface area (Å²) in [5, 5.41) is 2.79. The molecule has 6 heteroatoms. The van der Waals surface area contributed by atoms with Gasteiger partial charge in [0, 0.05) is 7.05 Å². The summed E-state index contributed by atoms with van der Waals surface area (Å²) in [6.45, 7) is 0. The van der Waals surface area contributed by atoms with Crippen molar-refractivity contribution in [1.82, 2.24) is 19.9 Å². The SMILES string of the molecule is CNc1nc(N)c2[nH]cnc2n1. The molecule has 0 saturated carbocycles. The number of aromatic nitrogens is 4. The van der Waals surface area contributed by atoms with Crippen LogP contribution in [0.5, 0.6) is 0 Å². The third kappa shape index (κ3) is 0.849. The molecule has 0 unspecified atom stereocenters. The fourth-order valence-corrected chi connectivity index (χ4v) is 0.967. The van der Waals surface area contributed by atoms with Gasteiger partial charge in [-0.15, -0.1) is 0 Å². The maximum Gasteiger partial charge on any atom is 0.226 e. The number of nitrogens with one attached hydrogen (secondary N) is 2. The van der Waals surface area contributed by atoms with Crippen molar-refractivity contribution in [2.45, 2.75) is 0 Å². The van der Waals surface area contributed by atoms with E-state index < -0.39 is 0 Å². The molecule has 0 aliphatic rings. The summed E-state index contributed by atoms with van der Waals surface area (Å²) in [5.41, 5.74) is 6.87. The summed E-state index contributed by atoms with van der Waals surface area (Å²) in [5.74, 6) is 0.883. The third-order valence-corrected chi connectivity index (χ3v) is 1.54. The molecule has 0 saturated heterocycles. The van der Waals surface area contributed by atoms with E-state index in [0.717, 1.165) is 0 Å². The monoisotopic (exact) mass is 164 g/mol. The van der Waals surface area contributed by atoms with Crippen molar-refractivity contribution < 1.29 is 0 Å². The summed E-state index contributed by atoms with van der Waals surface area (Å²) in [6.07, 6.45) is 1.54. The maximum absolute atomic E-state index is 5.61. The van der Waals surface area contributed by atoms with Crippen molar-refractivity contribution in [3.05, 3.63) is 6.33 Å². The van der Waals surface area contributed by atoms with Crippen LogP contribution < -0.4 is 11.1 Å². The summed E-state index contributed by atoms with van der Waals surface area (Å²) < 4.78 is 0. The van der Waals surface area contributed by atoms with Crippen LogP contribution in [0.4, 0.5) is 11.8 Å². The summed E-state index contributed by atoms with van der Waals surface area (Å²) >= 11 is 0. The first-order chi connectivity index (χ1) is 5.81. The Morgan fingerprint density at radius 2 is 2.33 bits per heavy atom. The number of hydrogen-bond acceptors (Lipinski definition) is 5. The standard InChI is InChI=1S/C6H8N6/c1-8-6-11-4(7)3-5(12-6)10-2-9-3/h2H,1H3,(H4,7,8,9,10,11,12). The van der Waals surface area contributed by atoms with E-state index in [4.69, 9.17) is 5.73 Å². The molecule has 2 rings (SSSR count). The van der Waals surface area contributed by atoms with Gasteiger partial charge in [0.1, 0.15) is 5.52 Å². The highest BCUT2D eigenvalue weighted by Gasteiger charge is 2.04. The number of hydrogen-bond donors (Lipinski definition) is 3. The van der Waals surface area contributed by atoms with E-state index in [1.54, 1.807) is 7.05 Å². The van der Waals surface area contributed by atoms with Gasteiger partial charge in [0.15, 0.2) is 11.5 Å². The predicted molar refractivity (Wildman–Crippen MR) is 45.6 cm³/mol. The Bertz CT molecular complexity index is 405. The molecule has 0 atom stereocenters. The fourth-order valence-electron chi connectivity index (χ4n) is 0.967. The number of imidazole rings is 1. The molecule has 2 aromatic heterocycles. The van der Waals surface area contributed by atoms with Crippen LogP contribution in [0.2, 0.25) is 0 Å². The Morgan fingerprint density at radius 3 is 3.08 bits per heavy atom. The van der Waals surface area contributed by atoms with E-state index in [9.17, 15) is 0 Å². The fraction of sp³-hybridized carbons (Fsp3) is 0.167. The van der Waals surface area contributed by atoms with Gasteiger partial charge in [0.25, 0.3) is 0 Å². The molecule has 2 aromatic rings. The topological polar surface area (TPSA) is 92.5 Å². The summed E-state index contributed by atoms with van der Waals surface area (Å²) in [7, 11) is 1.73. The van der Waals surface area contributed by atoms with Gasteiger partial charge in [0.05, 0.1) is 6.33 Å². The lowest BCUT2D eigenvalue weighted by Crippen LogP contribution is -2.00. The lowest BCUT2D eigenvalue weighted by Gasteiger charge is -1.98. The first-order valence-electron chi connectivity index (χ1n) is 3.45. The first kappa shape index (κ1) is 6.84. The molecule has 4 N–H and O–H groups in total. The molecule has 0 radical (unpaired) electrons. The van der Waals surface area contributed by atoms with Crippen molar-refractivity contribution in [2.75, 3.05) is 18.1 Å². The van der Waals surface area contributed by atoms with Gasteiger partial charge in [-0.05, 0) is 0 Å². The van der Waals surface area contributed by atoms with Gasteiger partial charge in [0.2, 0.25) is 5.95 Å². The van der Waals surface area contributed by atoms with Crippen LogP contribution in [0.25, 0.3) is 11.2 Å².